The molecule has 15 heavy (non-hydrogen) atoms. The molecule has 0 aliphatic heterocycles. The van der Waals surface area contributed by atoms with E-state index in [9.17, 15) is 4.79 Å². The third-order valence-corrected chi connectivity index (χ3v) is 4.68. The van der Waals surface area contributed by atoms with Crippen LogP contribution in [0.15, 0.2) is 0 Å². The van der Waals surface area contributed by atoms with Crippen LogP contribution in [0.5, 0.6) is 0 Å². The van der Waals surface area contributed by atoms with E-state index in [1.807, 2.05) is 6.92 Å². The minimum atomic E-state index is -1.48. The highest BCUT2D eigenvalue weighted by Crippen LogP contribution is 2.13. The van der Waals surface area contributed by atoms with Crippen molar-refractivity contribution in [2.75, 3.05) is 26.9 Å². The van der Waals surface area contributed by atoms with Crippen molar-refractivity contribution in [3.8, 4) is 0 Å². The Labute approximate surface area is 93.0 Å². The van der Waals surface area contributed by atoms with Crippen LogP contribution in [0.25, 0.3) is 0 Å². The van der Waals surface area contributed by atoms with Gasteiger partial charge in [-0.25, -0.2) is 4.79 Å². The van der Waals surface area contributed by atoms with E-state index in [-0.39, 0.29) is 12.6 Å². The minimum absolute atomic E-state index is 0.0487. The molecule has 0 atom stereocenters. The zero-order valence-electron chi connectivity index (χ0n) is 10.2. The van der Waals surface area contributed by atoms with Crippen molar-refractivity contribution in [1.29, 1.82) is 0 Å². The van der Waals surface area contributed by atoms with Crippen LogP contribution in [-0.2, 0) is 18.7 Å². The molecule has 0 radical (unpaired) electrons. The molecule has 0 saturated heterocycles. The lowest BCUT2D eigenvalue weighted by atomic mass is 10.5. The number of hydrogen-bond donors (Lipinski definition) is 0. The Morgan fingerprint density at radius 3 is 2.53 bits per heavy atom. The van der Waals surface area contributed by atoms with Gasteiger partial charge in [0.25, 0.3) is 0 Å². The molecule has 0 aromatic rings. The highest BCUT2D eigenvalue weighted by Gasteiger charge is 2.20. The standard InChI is InChI=1S/C10H22O4Si/c1-5-14-15(3,4)8-6-7-13-9-10(11)12-2/h5-9H2,1-4H3. The zero-order chi connectivity index (χ0) is 11.7. The number of ether oxygens (including phenoxy) is 2. The van der Waals surface area contributed by atoms with Crippen molar-refractivity contribution >= 4 is 14.3 Å². The second kappa shape index (κ2) is 7.84. The third-order valence-electron chi connectivity index (χ3n) is 2.05. The van der Waals surface area contributed by atoms with Crippen molar-refractivity contribution in [2.45, 2.75) is 32.5 Å². The first-order chi connectivity index (χ1) is 7.02. The van der Waals surface area contributed by atoms with Gasteiger partial charge in [0.15, 0.2) is 8.32 Å². The van der Waals surface area contributed by atoms with Crippen molar-refractivity contribution in [3.63, 3.8) is 0 Å². The molecule has 0 aromatic carbocycles. The van der Waals surface area contributed by atoms with Crippen LogP contribution < -0.4 is 0 Å². The molecule has 0 amide bonds. The molecule has 0 aliphatic carbocycles. The molecule has 4 nitrogen and oxygen atoms in total. The molecule has 90 valence electrons. The average molecular weight is 234 g/mol. The van der Waals surface area contributed by atoms with E-state index in [1.54, 1.807) is 0 Å². The van der Waals surface area contributed by atoms with Crippen molar-refractivity contribution < 1.29 is 18.7 Å². The van der Waals surface area contributed by atoms with Gasteiger partial charge in [-0.05, 0) is 32.5 Å². The Hall–Kier alpha value is -0.393. The van der Waals surface area contributed by atoms with Crippen LogP contribution in [0.4, 0.5) is 0 Å². The van der Waals surface area contributed by atoms with E-state index >= 15 is 0 Å². The summed E-state index contributed by atoms with van der Waals surface area (Å²) in [5, 5.41) is 0. The monoisotopic (exact) mass is 234 g/mol. The molecule has 0 aliphatic rings. The molecule has 0 unspecified atom stereocenters. The Balaban J connectivity index is 3.41. The average Bonchev–Trinajstić information content (AvgIpc) is 2.16. The molecule has 0 bridgehead atoms. The molecular formula is C10H22O4Si. The van der Waals surface area contributed by atoms with Crippen LogP contribution in [0.3, 0.4) is 0 Å². The Morgan fingerprint density at radius 2 is 2.00 bits per heavy atom. The summed E-state index contributed by atoms with van der Waals surface area (Å²) in [4.78, 5) is 10.7. The van der Waals surface area contributed by atoms with Crippen LogP contribution >= 0.6 is 0 Å². The lowest BCUT2D eigenvalue weighted by Crippen LogP contribution is -2.30. The molecule has 0 N–H and O–H groups in total. The lowest BCUT2D eigenvalue weighted by Gasteiger charge is -2.21. The fourth-order valence-corrected chi connectivity index (χ4v) is 3.20. The normalized spacial score (nSPS) is 11.5. The Kier molecular flexibility index (Phi) is 7.64. The summed E-state index contributed by atoms with van der Waals surface area (Å²) in [5.41, 5.74) is 0. The van der Waals surface area contributed by atoms with E-state index in [0.717, 1.165) is 19.1 Å². The number of carbonyl (C=O) groups is 1. The quantitative estimate of drug-likeness (QED) is 0.365. The lowest BCUT2D eigenvalue weighted by molar-refractivity contribution is -0.145. The first-order valence-electron chi connectivity index (χ1n) is 5.30. The number of rotatable bonds is 8. The number of esters is 1. The smallest absolute Gasteiger partial charge is 0.331 e. The Morgan fingerprint density at radius 1 is 1.33 bits per heavy atom. The topological polar surface area (TPSA) is 44.8 Å². The highest BCUT2D eigenvalue weighted by atomic mass is 28.4. The molecule has 5 heteroatoms. The van der Waals surface area contributed by atoms with Gasteiger partial charge in [-0.3, -0.25) is 0 Å². The summed E-state index contributed by atoms with van der Waals surface area (Å²) in [6, 6.07) is 1.06. The third kappa shape index (κ3) is 8.59. The van der Waals surface area contributed by atoms with Gasteiger partial charge < -0.3 is 13.9 Å². The summed E-state index contributed by atoms with van der Waals surface area (Å²) < 4.78 is 15.3. The molecule has 0 rings (SSSR count). The van der Waals surface area contributed by atoms with Crippen molar-refractivity contribution in [3.05, 3.63) is 0 Å². The van der Waals surface area contributed by atoms with Gasteiger partial charge >= 0.3 is 5.97 Å². The molecular weight excluding hydrogens is 212 g/mol. The highest BCUT2D eigenvalue weighted by molar-refractivity contribution is 6.71. The van der Waals surface area contributed by atoms with Crippen molar-refractivity contribution in [1.82, 2.24) is 0 Å². The summed E-state index contributed by atoms with van der Waals surface area (Å²) >= 11 is 0. The maximum Gasteiger partial charge on any atom is 0.331 e. The van der Waals surface area contributed by atoms with Crippen LogP contribution in [-0.4, -0.2) is 41.2 Å². The zero-order valence-corrected chi connectivity index (χ0v) is 11.2. The summed E-state index contributed by atoms with van der Waals surface area (Å²) in [6.07, 6.45) is 0.941. The maximum atomic E-state index is 10.7. The molecule has 0 spiro atoms. The van der Waals surface area contributed by atoms with Gasteiger partial charge in [0, 0.05) is 13.2 Å². The largest absolute Gasteiger partial charge is 0.467 e. The number of methoxy groups -OCH3 is 1. The van der Waals surface area contributed by atoms with Gasteiger partial charge in [-0.15, -0.1) is 0 Å². The van der Waals surface area contributed by atoms with Crippen molar-refractivity contribution in [2.24, 2.45) is 0 Å². The summed E-state index contributed by atoms with van der Waals surface area (Å²) in [7, 11) is -0.127. The van der Waals surface area contributed by atoms with Gasteiger partial charge in [-0.1, -0.05) is 0 Å². The fraction of sp³-hybridized carbons (Fsp3) is 0.900. The fourth-order valence-electron chi connectivity index (χ4n) is 1.28. The number of hydrogen-bond acceptors (Lipinski definition) is 4. The predicted octanol–water partition coefficient (Wildman–Crippen LogP) is 1.81. The second-order valence-corrected chi connectivity index (χ2v) is 8.23. The van der Waals surface area contributed by atoms with Crippen LogP contribution in [0.2, 0.25) is 19.1 Å². The van der Waals surface area contributed by atoms with E-state index < -0.39 is 8.32 Å². The van der Waals surface area contributed by atoms with Gasteiger partial charge in [0.05, 0.1) is 7.11 Å². The summed E-state index contributed by atoms with van der Waals surface area (Å²) in [6.45, 7) is 7.82. The maximum absolute atomic E-state index is 10.7. The van der Waals surface area contributed by atoms with E-state index in [4.69, 9.17) is 9.16 Å². The second-order valence-electron chi connectivity index (χ2n) is 3.92. The first-order valence-corrected chi connectivity index (χ1v) is 8.42. The minimum Gasteiger partial charge on any atom is -0.467 e. The van der Waals surface area contributed by atoms with E-state index in [1.165, 1.54) is 7.11 Å². The van der Waals surface area contributed by atoms with Gasteiger partial charge in [0.1, 0.15) is 6.61 Å². The van der Waals surface area contributed by atoms with E-state index in [0.29, 0.717) is 6.61 Å². The molecule has 0 fully saturated rings. The molecule has 0 heterocycles. The molecule has 0 aromatic heterocycles. The van der Waals surface area contributed by atoms with Gasteiger partial charge in [0.2, 0.25) is 0 Å². The Bertz CT molecular complexity index is 182. The SMILES string of the molecule is CCO[Si](C)(C)CCCOCC(=O)OC. The number of carbonyl (C=O) groups excluding carboxylic acids is 1. The van der Waals surface area contributed by atoms with Crippen LogP contribution in [0, 0.1) is 0 Å². The summed E-state index contributed by atoms with van der Waals surface area (Å²) in [5.74, 6) is -0.323. The first kappa shape index (κ1) is 14.6. The molecule has 0 saturated carbocycles. The van der Waals surface area contributed by atoms with E-state index in [2.05, 4.69) is 17.8 Å². The predicted molar refractivity (Wildman–Crippen MR) is 61.4 cm³/mol. The van der Waals surface area contributed by atoms with Gasteiger partial charge in [-0.2, -0.15) is 0 Å². The van der Waals surface area contributed by atoms with Crippen LogP contribution in [0.1, 0.15) is 13.3 Å².